The number of hydrogen-bond donors (Lipinski definition) is 0. The minimum absolute atomic E-state index is 0.107. The van der Waals surface area contributed by atoms with Crippen molar-refractivity contribution in [1.29, 1.82) is 0 Å². The Kier molecular flexibility index (Phi) is 4.57. The highest BCUT2D eigenvalue weighted by molar-refractivity contribution is 6.04. The quantitative estimate of drug-likeness (QED) is 0.391. The van der Waals surface area contributed by atoms with Gasteiger partial charge in [-0.05, 0) is 31.2 Å². The first-order valence-corrected chi connectivity index (χ1v) is 7.57. The van der Waals surface area contributed by atoms with Gasteiger partial charge in [-0.2, -0.15) is 0 Å². The van der Waals surface area contributed by atoms with Gasteiger partial charge < -0.3 is 8.83 Å². The number of Topliss-reactive ketones (excluding diaryl/α,β-unsaturated/α-hetero) is 1. The summed E-state index contributed by atoms with van der Waals surface area (Å²) in [7, 11) is 0. The smallest absolute Gasteiger partial charge is 0.336 e. The van der Waals surface area contributed by atoms with Crippen LogP contribution in [0.4, 0.5) is 0 Å². The van der Waals surface area contributed by atoms with Crippen molar-refractivity contribution in [3.8, 4) is 0 Å². The van der Waals surface area contributed by atoms with Crippen LogP contribution in [0.25, 0.3) is 21.9 Å². The second-order valence-corrected chi connectivity index (χ2v) is 5.33. The van der Waals surface area contributed by atoms with Gasteiger partial charge >= 0.3 is 11.3 Å². The van der Waals surface area contributed by atoms with Gasteiger partial charge in [0.2, 0.25) is 0 Å². The molecule has 0 bridgehead atoms. The molecule has 0 spiro atoms. The van der Waals surface area contributed by atoms with E-state index in [1.165, 1.54) is 19.1 Å². The number of rotatable bonds is 1. The Hall–Kier alpha value is -3.47. The first kappa shape index (κ1) is 16.4. The molecule has 0 aliphatic heterocycles. The van der Waals surface area contributed by atoms with E-state index in [-0.39, 0.29) is 11.4 Å². The Morgan fingerprint density at radius 3 is 2.12 bits per heavy atom. The lowest BCUT2D eigenvalue weighted by molar-refractivity contribution is 0.101. The highest BCUT2D eigenvalue weighted by Gasteiger charge is 2.07. The number of carbonyl (C=O) groups is 1. The topological polar surface area (TPSA) is 77.5 Å². The number of carbonyl (C=O) groups excluding carboxylic acids is 1. The summed E-state index contributed by atoms with van der Waals surface area (Å²) in [5.74, 6) is -0.107. The number of benzene rings is 2. The molecule has 124 valence electrons. The lowest BCUT2D eigenvalue weighted by atomic mass is 10.1. The molecular weight excluding hydrogens is 320 g/mol. The third-order valence-electron chi connectivity index (χ3n) is 3.55. The summed E-state index contributed by atoms with van der Waals surface area (Å²) in [4.78, 5) is 32.9. The minimum atomic E-state index is -0.439. The molecule has 0 fully saturated rings. The van der Waals surface area contributed by atoms with Crippen LogP contribution in [0.5, 0.6) is 0 Å². The zero-order chi connectivity index (χ0) is 17.8. The maximum atomic E-state index is 11.2. The molecule has 5 heteroatoms. The summed E-state index contributed by atoms with van der Waals surface area (Å²) >= 11 is 0. The molecule has 4 aromatic rings. The summed E-state index contributed by atoms with van der Waals surface area (Å²) in [5, 5.41) is 1.71. The van der Waals surface area contributed by atoms with E-state index in [1.807, 2.05) is 18.2 Å². The second-order valence-electron chi connectivity index (χ2n) is 5.33. The molecule has 2 heterocycles. The van der Waals surface area contributed by atoms with Crippen LogP contribution < -0.4 is 11.3 Å². The Labute approximate surface area is 142 Å². The number of ketones is 1. The van der Waals surface area contributed by atoms with Gasteiger partial charge in [0, 0.05) is 22.9 Å². The minimum Gasteiger partial charge on any atom is -0.423 e. The van der Waals surface area contributed by atoms with Gasteiger partial charge in [0.25, 0.3) is 0 Å². The number of fused-ring (bicyclic) bond motifs is 2. The van der Waals surface area contributed by atoms with Gasteiger partial charge in [0.1, 0.15) is 11.2 Å². The Balaban J connectivity index is 0.000000150. The van der Waals surface area contributed by atoms with E-state index in [4.69, 9.17) is 8.83 Å². The maximum absolute atomic E-state index is 11.2. The van der Waals surface area contributed by atoms with Crippen molar-refractivity contribution in [3.05, 3.63) is 93.1 Å². The third kappa shape index (κ3) is 3.72. The maximum Gasteiger partial charge on any atom is 0.336 e. The van der Waals surface area contributed by atoms with Crippen molar-refractivity contribution in [1.82, 2.24) is 0 Å². The van der Waals surface area contributed by atoms with E-state index in [0.29, 0.717) is 16.7 Å². The van der Waals surface area contributed by atoms with Gasteiger partial charge in [-0.3, -0.25) is 4.79 Å². The standard InChI is InChI=1S/C11H8O3.C9H6O2/c1-7(12)9-4-2-3-8-5-6-10(13)14-11(8)9;10-9-6-5-7-3-1-2-4-8(7)11-9/h2-6H,1H3;1-6H. The van der Waals surface area contributed by atoms with Gasteiger partial charge in [0.15, 0.2) is 5.78 Å². The largest absolute Gasteiger partial charge is 0.423 e. The number of hydrogen-bond acceptors (Lipinski definition) is 5. The molecule has 0 amide bonds. The van der Waals surface area contributed by atoms with Crippen molar-refractivity contribution in [2.75, 3.05) is 0 Å². The molecule has 0 aliphatic carbocycles. The normalized spacial score (nSPS) is 10.3. The van der Waals surface area contributed by atoms with Crippen molar-refractivity contribution in [3.63, 3.8) is 0 Å². The van der Waals surface area contributed by atoms with E-state index in [2.05, 4.69) is 0 Å². The predicted molar refractivity (Wildman–Crippen MR) is 95.0 cm³/mol. The van der Waals surface area contributed by atoms with Crippen LogP contribution in [0.15, 0.2) is 85.2 Å². The van der Waals surface area contributed by atoms with E-state index in [9.17, 15) is 14.4 Å². The molecule has 2 aromatic heterocycles. The summed E-state index contributed by atoms with van der Waals surface area (Å²) in [6, 6.07) is 18.8. The molecule has 0 aliphatic rings. The zero-order valence-electron chi connectivity index (χ0n) is 13.4. The predicted octanol–water partition coefficient (Wildman–Crippen LogP) is 3.79. The molecule has 0 radical (unpaired) electrons. The highest BCUT2D eigenvalue weighted by Crippen LogP contribution is 2.16. The molecule has 0 unspecified atom stereocenters. The lowest BCUT2D eigenvalue weighted by Gasteiger charge is -1.99. The first-order chi connectivity index (χ1) is 12.0. The molecule has 0 atom stereocenters. The van der Waals surface area contributed by atoms with Gasteiger partial charge in [-0.15, -0.1) is 0 Å². The fourth-order valence-electron chi connectivity index (χ4n) is 2.38. The fourth-order valence-corrected chi connectivity index (χ4v) is 2.38. The average Bonchev–Trinajstić information content (AvgIpc) is 2.61. The fraction of sp³-hybridized carbons (Fsp3) is 0.0500. The Bertz CT molecular complexity index is 1170. The molecular formula is C20H14O5. The second kappa shape index (κ2) is 6.97. The van der Waals surface area contributed by atoms with Gasteiger partial charge in [-0.25, -0.2) is 9.59 Å². The van der Waals surface area contributed by atoms with Crippen LogP contribution in [0.3, 0.4) is 0 Å². The molecule has 0 N–H and O–H groups in total. The Morgan fingerprint density at radius 1 is 0.720 bits per heavy atom. The molecule has 5 nitrogen and oxygen atoms in total. The summed E-state index contributed by atoms with van der Waals surface area (Å²) in [6.07, 6.45) is 0. The van der Waals surface area contributed by atoms with Crippen LogP contribution in [-0.2, 0) is 0 Å². The molecule has 0 saturated heterocycles. The summed E-state index contributed by atoms with van der Waals surface area (Å²) < 4.78 is 9.88. The van der Waals surface area contributed by atoms with Crippen molar-refractivity contribution in [2.45, 2.75) is 6.92 Å². The monoisotopic (exact) mass is 334 g/mol. The third-order valence-corrected chi connectivity index (χ3v) is 3.55. The molecule has 4 rings (SSSR count). The molecule has 0 saturated carbocycles. The summed E-state index contributed by atoms with van der Waals surface area (Å²) in [5.41, 5.74) is 0.711. The zero-order valence-corrected chi connectivity index (χ0v) is 13.4. The van der Waals surface area contributed by atoms with Crippen LogP contribution >= 0.6 is 0 Å². The summed E-state index contributed by atoms with van der Waals surface area (Å²) in [6.45, 7) is 1.45. The average molecular weight is 334 g/mol. The van der Waals surface area contributed by atoms with Crippen molar-refractivity contribution >= 4 is 27.7 Å². The number of para-hydroxylation sites is 2. The van der Waals surface area contributed by atoms with Gasteiger partial charge in [0.05, 0.1) is 5.56 Å². The van der Waals surface area contributed by atoms with Crippen LogP contribution in [0.2, 0.25) is 0 Å². The van der Waals surface area contributed by atoms with Crippen molar-refractivity contribution < 1.29 is 13.6 Å². The highest BCUT2D eigenvalue weighted by atomic mass is 16.4. The molecule has 2 aromatic carbocycles. The van der Waals surface area contributed by atoms with Crippen LogP contribution in [0.1, 0.15) is 17.3 Å². The van der Waals surface area contributed by atoms with Crippen molar-refractivity contribution in [2.24, 2.45) is 0 Å². The van der Waals surface area contributed by atoms with E-state index >= 15 is 0 Å². The first-order valence-electron chi connectivity index (χ1n) is 7.57. The molecule has 25 heavy (non-hydrogen) atoms. The van der Waals surface area contributed by atoms with Crippen LogP contribution in [-0.4, -0.2) is 5.78 Å². The van der Waals surface area contributed by atoms with Gasteiger partial charge in [-0.1, -0.05) is 30.3 Å². The lowest BCUT2D eigenvalue weighted by Crippen LogP contribution is -1.99. The van der Waals surface area contributed by atoms with E-state index in [1.54, 1.807) is 36.4 Å². The Morgan fingerprint density at radius 2 is 1.36 bits per heavy atom. The van der Waals surface area contributed by atoms with E-state index < -0.39 is 5.63 Å². The van der Waals surface area contributed by atoms with Crippen LogP contribution in [0, 0.1) is 0 Å². The van der Waals surface area contributed by atoms with E-state index in [0.717, 1.165) is 10.8 Å². The SMILES string of the molecule is CC(=O)c1cccc2ccc(=O)oc12.O=c1ccc2ccccc2o1.